The van der Waals surface area contributed by atoms with Crippen molar-refractivity contribution in [3.63, 3.8) is 0 Å². The Morgan fingerprint density at radius 1 is 0.966 bits per heavy atom. The smallest absolute Gasteiger partial charge is 0.264 e. The highest BCUT2D eigenvalue weighted by Gasteiger charge is 2.27. The topological polar surface area (TPSA) is 75.7 Å². The molecule has 0 radical (unpaired) electrons. The Balaban J connectivity index is 1.90. The van der Waals surface area contributed by atoms with Crippen LogP contribution in [0.5, 0.6) is 5.75 Å². The molecule has 0 aliphatic carbocycles. The van der Waals surface area contributed by atoms with E-state index in [9.17, 15) is 13.2 Å². The zero-order valence-electron chi connectivity index (χ0n) is 15.6. The Morgan fingerprint density at radius 3 is 2.17 bits per heavy atom. The minimum atomic E-state index is -3.96. The van der Waals surface area contributed by atoms with Crippen molar-refractivity contribution in [2.75, 3.05) is 23.3 Å². The van der Waals surface area contributed by atoms with Gasteiger partial charge in [0.15, 0.2) is 0 Å². The van der Waals surface area contributed by atoms with Gasteiger partial charge in [0.05, 0.1) is 17.7 Å². The standard InChI is InChI=1S/C21H19IN2O4S/c1-28-19-11-13-20(14-12-19)29(26,27)24(18-5-3-2-4-6-18)15-21(25)23-17-9-7-16(22)8-10-17/h2-14H,15H2,1H3,(H,23,25). The van der Waals surface area contributed by atoms with Crippen molar-refractivity contribution < 1.29 is 17.9 Å². The van der Waals surface area contributed by atoms with Crippen LogP contribution in [0.1, 0.15) is 0 Å². The number of hydrogen-bond acceptors (Lipinski definition) is 4. The van der Waals surface area contributed by atoms with Crippen LogP contribution in [0, 0.1) is 3.57 Å². The summed E-state index contributed by atoms with van der Waals surface area (Å²) in [4.78, 5) is 12.7. The first-order valence-electron chi connectivity index (χ1n) is 8.67. The van der Waals surface area contributed by atoms with Gasteiger partial charge in [0.1, 0.15) is 12.3 Å². The van der Waals surface area contributed by atoms with Crippen molar-refractivity contribution in [1.29, 1.82) is 0 Å². The molecule has 0 fully saturated rings. The number of carbonyl (C=O) groups is 1. The number of halogens is 1. The molecule has 6 nitrogen and oxygen atoms in total. The summed E-state index contributed by atoms with van der Waals surface area (Å²) in [5, 5.41) is 2.74. The van der Waals surface area contributed by atoms with Crippen LogP contribution < -0.4 is 14.4 Å². The van der Waals surface area contributed by atoms with E-state index >= 15 is 0 Å². The van der Waals surface area contributed by atoms with Crippen molar-refractivity contribution in [2.24, 2.45) is 0 Å². The molecule has 150 valence electrons. The van der Waals surface area contributed by atoms with Gasteiger partial charge in [0.2, 0.25) is 5.91 Å². The van der Waals surface area contributed by atoms with Crippen LogP contribution in [0.25, 0.3) is 0 Å². The lowest BCUT2D eigenvalue weighted by molar-refractivity contribution is -0.114. The van der Waals surface area contributed by atoms with Gasteiger partial charge in [-0.1, -0.05) is 18.2 Å². The number of para-hydroxylation sites is 1. The minimum Gasteiger partial charge on any atom is -0.497 e. The van der Waals surface area contributed by atoms with E-state index in [0.29, 0.717) is 17.1 Å². The van der Waals surface area contributed by atoms with Crippen molar-refractivity contribution in [3.05, 3.63) is 82.4 Å². The van der Waals surface area contributed by atoms with Gasteiger partial charge in [-0.2, -0.15) is 0 Å². The van der Waals surface area contributed by atoms with Gasteiger partial charge in [-0.3, -0.25) is 9.10 Å². The fraction of sp³-hybridized carbons (Fsp3) is 0.0952. The van der Waals surface area contributed by atoms with Gasteiger partial charge in [-0.05, 0) is 83.3 Å². The summed E-state index contributed by atoms with van der Waals surface area (Å²) in [6, 6.07) is 21.9. The SMILES string of the molecule is COc1ccc(S(=O)(=O)N(CC(=O)Nc2ccc(I)cc2)c2ccccc2)cc1. The third-order valence-electron chi connectivity index (χ3n) is 4.11. The van der Waals surface area contributed by atoms with Gasteiger partial charge < -0.3 is 10.1 Å². The predicted molar refractivity (Wildman–Crippen MR) is 122 cm³/mol. The average Bonchev–Trinajstić information content (AvgIpc) is 2.74. The molecular formula is C21H19IN2O4S. The van der Waals surface area contributed by atoms with Crippen LogP contribution in [0.3, 0.4) is 0 Å². The molecule has 0 unspecified atom stereocenters. The number of amides is 1. The zero-order chi connectivity index (χ0) is 20.9. The van der Waals surface area contributed by atoms with Crippen LogP contribution in [-0.4, -0.2) is 28.0 Å². The number of carbonyl (C=O) groups excluding carboxylic acids is 1. The second kappa shape index (κ2) is 9.27. The number of hydrogen-bond donors (Lipinski definition) is 1. The van der Waals surface area contributed by atoms with Crippen molar-refractivity contribution in [3.8, 4) is 5.75 Å². The Hall–Kier alpha value is -2.59. The Bertz CT molecular complexity index is 1070. The van der Waals surface area contributed by atoms with Crippen molar-refractivity contribution in [2.45, 2.75) is 4.90 Å². The summed E-state index contributed by atoms with van der Waals surface area (Å²) in [5.74, 6) is 0.110. The fourth-order valence-electron chi connectivity index (χ4n) is 2.65. The summed E-state index contributed by atoms with van der Waals surface area (Å²) in [6.45, 7) is -0.357. The number of anilines is 2. The van der Waals surface area contributed by atoms with Crippen LogP contribution in [0.2, 0.25) is 0 Å². The van der Waals surface area contributed by atoms with Gasteiger partial charge in [-0.15, -0.1) is 0 Å². The molecule has 29 heavy (non-hydrogen) atoms. The van der Waals surface area contributed by atoms with E-state index in [2.05, 4.69) is 27.9 Å². The van der Waals surface area contributed by atoms with Crippen LogP contribution >= 0.6 is 22.6 Å². The van der Waals surface area contributed by atoms with Crippen molar-refractivity contribution in [1.82, 2.24) is 0 Å². The summed E-state index contributed by atoms with van der Waals surface area (Å²) >= 11 is 2.17. The van der Waals surface area contributed by atoms with E-state index < -0.39 is 15.9 Å². The third-order valence-corrected chi connectivity index (χ3v) is 6.61. The normalized spacial score (nSPS) is 11.0. The number of ether oxygens (including phenoxy) is 1. The quantitative estimate of drug-likeness (QED) is 0.474. The molecule has 0 saturated heterocycles. The maximum Gasteiger partial charge on any atom is 0.264 e. The molecule has 0 saturated carbocycles. The second-order valence-corrected chi connectivity index (χ2v) is 9.19. The number of benzene rings is 3. The summed E-state index contributed by atoms with van der Waals surface area (Å²) in [7, 11) is -2.45. The molecule has 3 aromatic carbocycles. The molecule has 0 heterocycles. The zero-order valence-corrected chi connectivity index (χ0v) is 18.6. The van der Waals surface area contributed by atoms with E-state index in [4.69, 9.17) is 4.74 Å². The number of sulfonamides is 1. The second-order valence-electron chi connectivity index (χ2n) is 6.08. The Morgan fingerprint density at radius 2 is 1.59 bits per heavy atom. The molecule has 0 aliphatic heterocycles. The largest absolute Gasteiger partial charge is 0.497 e. The first-order chi connectivity index (χ1) is 13.9. The molecule has 1 N–H and O–H groups in total. The highest BCUT2D eigenvalue weighted by atomic mass is 127. The first-order valence-corrected chi connectivity index (χ1v) is 11.2. The van der Waals surface area contributed by atoms with Gasteiger partial charge in [0, 0.05) is 9.26 Å². The molecule has 3 rings (SSSR count). The lowest BCUT2D eigenvalue weighted by Crippen LogP contribution is -2.38. The fourth-order valence-corrected chi connectivity index (χ4v) is 4.43. The predicted octanol–water partition coefficient (Wildman–Crippen LogP) is 4.13. The molecule has 0 bridgehead atoms. The van der Waals surface area contributed by atoms with E-state index in [0.717, 1.165) is 7.88 Å². The lowest BCUT2D eigenvalue weighted by Gasteiger charge is -2.24. The van der Waals surface area contributed by atoms with E-state index in [1.807, 2.05) is 12.1 Å². The lowest BCUT2D eigenvalue weighted by atomic mass is 10.3. The maximum atomic E-state index is 13.3. The molecule has 0 atom stereocenters. The Kier molecular flexibility index (Phi) is 6.75. The Labute approximate surface area is 183 Å². The number of nitrogens with zero attached hydrogens (tertiary/aromatic N) is 1. The maximum absolute atomic E-state index is 13.3. The molecule has 0 aromatic heterocycles. The molecule has 1 amide bonds. The van der Waals surface area contributed by atoms with Gasteiger partial charge in [-0.25, -0.2) is 8.42 Å². The number of methoxy groups -OCH3 is 1. The number of rotatable bonds is 7. The third kappa shape index (κ3) is 5.27. The van der Waals surface area contributed by atoms with E-state index in [1.165, 1.54) is 19.2 Å². The summed E-state index contributed by atoms with van der Waals surface area (Å²) in [5.41, 5.74) is 1.01. The molecular weight excluding hydrogens is 503 g/mol. The van der Waals surface area contributed by atoms with E-state index in [-0.39, 0.29) is 11.4 Å². The summed E-state index contributed by atoms with van der Waals surface area (Å²) < 4.78 is 33.8. The average molecular weight is 522 g/mol. The van der Waals surface area contributed by atoms with Gasteiger partial charge in [0.25, 0.3) is 10.0 Å². The minimum absolute atomic E-state index is 0.0733. The highest BCUT2D eigenvalue weighted by Crippen LogP contribution is 2.25. The first kappa shape index (κ1) is 21.1. The molecule has 8 heteroatoms. The van der Waals surface area contributed by atoms with Gasteiger partial charge >= 0.3 is 0 Å². The summed E-state index contributed by atoms with van der Waals surface area (Å²) in [6.07, 6.45) is 0. The number of nitrogens with one attached hydrogen (secondary N) is 1. The van der Waals surface area contributed by atoms with E-state index in [1.54, 1.807) is 54.6 Å². The van der Waals surface area contributed by atoms with Crippen molar-refractivity contribution >= 4 is 49.9 Å². The molecule has 0 spiro atoms. The van der Waals surface area contributed by atoms with Crippen LogP contribution in [0.15, 0.2) is 83.8 Å². The monoisotopic (exact) mass is 522 g/mol. The molecule has 0 aliphatic rings. The molecule has 3 aromatic rings. The van der Waals surface area contributed by atoms with Crippen LogP contribution in [0.4, 0.5) is 11.4 Å². The highest BCUT2D eigenvalue weighted by molar-refractivity contribution is 14.1. The van der Waals surface area contributed by atoms with Crippen LogP contribution in [-0.2, 0) is 14.8 Å².